The lowest BCUT2D eigenvalue weighted by Gasteiger charge is -2.12. The van der Waals surface area contributed by atoms with Gasteiger partial charge in [-0.3, -0.25) is 4.72 Å². The van der Waals surface area contributed by atoms with E-state index in [4.69, 9.17) is 17.3 Å². The van der Waals surface area contributed by atoms with Crippen molar-refractivity contribution in [2.45, 2.75) is 11.8 Å². The largest absolute Gasteiger partial charge is 0.398 e. The lowest BCUT2D eigenvalue weighted by atomic mass is 10.2. The van der Waals surface area contributed by atoms with Gasteiger partial charge in [0.25, 0.3) is 10.0 Å². The van der Waals surface area contributed by atoms with E-state index in [0.717, 1.165) is 5.56 Å². The van der Waals surface area contributed by atoms with E-state index in [1.54, 1.807) is 24.3 Å². The molecule has 0 bridgehead atoms. The molecule has 3 N–H and O–H groups in total. The number of benzene rings is 2. The van der Waals surface area contributed by atoms with Crippen molar-refractivity contribution in [3.8, 4) is 0 Å². The van der Waals surface area contributed by atoms with Gasteiger partial charge in [0.2, 0.25) is 0 Å². The number of nitrogens with two attached hydrogens (primary N) is 1. The second-order valence-corrected chi connectivity index (χ2v) is 7.24. The Hall–Kier alpha value is -1.24. The molecule has 0 amide bonds. The molecule has 0 saturated heterocycles. The van der Waals surface area contributed by atoms with Gasteiger partial charge in [-0.25, -0.2) is 8.42 Å². The van der Waals surface area contributed by atoms with Crippen molar-refractivity contribution >= 4 is 48.9 Å². The molecule has 20 heavy (non-hydrogen) atoms. The number of halogens is 2. The van der Waals surface area contributed by atoms with Crippen molar-refractivity contribution in [1.82, 2.24) is 0 Å². The quantitative estimate of drug-likeness (QED) is 0.802. The molecule has 0 atom stereocenters. The fourth-order valence-electron chi connectivity index (χ4n) is 1.68. The maximum absolute atomic E-state index is 12.3. The fourth-order valence-corrected chi connectivity index (χ4v) is 3.47. The molecule has 0 aromatic heterocycles. The van der Waals surface area contributed by atoms with Crippen LogP contribution < -0.4 is 10.5 Å². The highest BCUT2D eigenvalue weighted by Crippen LogP contribution is 2.28. The summed E-state index contributed by atoms with van der Waals surface area (Å²) in [4.78, 5) is 0.0123. The number of nitrogen functional groups attached to an aromatic ring is 1. The molecule has 0 spiro atoms. The minimum absolute atomic E-state index is 0.0123. The summed E-state index contributed by atoms with van der Waals surface area (Å²) in [5, 5.41) is 0.329. The van der Waals surface area contributed by atoms with Gasteiger partial charge in [0, 0.05) is 4.47 Å². The van der Waals surface area contributed by atoms with E-state index in [1.807, 2.05) is 6.92 Å². The predicted octanol–water partition coefficient (Wildman–Crippen LogP) is 3.79. The Bertz CT molecular complexity index is 763. The average Bonchev–Trinajstić information content (AvgIpc) is 2.33. The van der Waals surface area contributed by atoms with Crippen LogP contribution in [-0.2, 0) is 10.0 Å². The predicted molar refractivity (Wildman–Crippen MR) is 85.6 cm³/mol. The van der Waals surface area contributed by atoms with Crippen LogP contribution in [0.25, 0.3) is 0 Å². The van der Waals surface area contributed by atoms with E-state index < -0.39 is 10.0 Å². The highest BCUT2D eigenvalue weighted by atomic mass is 79.9. The highest BCUT2D eigenvalue weighted by Gasteiger charge is 2.18. The van der Waals surface area contributed by atoms with Gasteiger partial charge in [0.15, 0.2) is 0 Å². The van der Waals surface area contributed by atoms with Gasteiger partial charge in [-0.05, 0) is 42.8 Å². The lowest BCUT2D eigenvalue weighted by molar-refractivity contribution is 0.601. The number of rotatable bonds is 3. The van der Waals surface area contributed by atoms with E-state index in [-0.39, 0.29) is 10.6 Å². The first-order valence-electron chi connectivity index (χ1n) is 5.63. The van der Waals surface area contributed by atoms with Gasteiger partial charge in [-0.1, -0.05) is 33.6 Å². The molecular formula is C13H12BrClN2O2S. The molecule has 2 aromatic rings. The van der Waals surface area contributed by atoms with Crippen LogP contribution >= 0.6 is 27.5 Å². The van der Waals surface area contributed by atoms with Crippen molar-refractivity contribution in [2.24, 2.45) is 0 Å². The van der Waals surface area contributed by atoms with Crippen LogP contribution in [0.5, 0.6) is 0 Å². The molecule has 0 fully saturated rings. The molecule has 0 radical (unpaired) electrons. The number of anilines is 2. The zero-order chi connectivity index (χ0) is 14.9. The molecule has 2 aromatic carbocycles. The fraction of sp³-hybridized carbons (Fsp3) is 0.0769. The maximum Gasteiger partial charge on any atom is 0.263 e. The van der Waals surface area contributed by atoms with Gasteiger partial charge >= 0.3 is 0 Å². The number of hydrogen-bond donors (Lipinski definition) is 2. The Balaban J connectivity index is 2.43. The Morgan fingerprint density at radius 2 is 1.90 bits per heavy atom. The molecule has 0 aliphatic rings. The zero-order valence-electron chi connectivity index (χ0n) is 10.5. The Labute approximate surface area is 131 Å². The number of sulfonamides is 1. The summed E-state index contributed by atoms with van der Waals surface area (Å²) in [6, 6.07) is 9.68. The minimum atomic E-state index is -3.78. The van der Waals surface area contributed by atoms with E-state index in [0.29, 0.717) is 15.2 Å². The third-order valence-corrected chi connectivity index (χ3v) is 4.89. The van der Waals surface area contributed by atoms with Crippen molar-refractivity contribution in [3.05, 3.63) is 51.5 Å². The van der Waals surface area contributed by atoms with Gasteiger partial charge in [0.1, 0.15) is 4.90 Å². The second kappa shape index (κ2) is 5.63. The van der Waals surface area contributed by atoms with Crippen molar-refractivity contribution in [1.29, 1.82) is 0 Å². The summed E-state index contributed by atoms with van der Waals surface area (Å²) in [5.74, 6) is 0. The Morgan fingerprint density at radius 3 is 2.55 bits per heavy atom. The summed E-state index contributed by atoms with van der Waals surface area (Å²) in [6.07, 6.45) is 0. The van der Waals surface area contributed by atoms with Crippen LogP contribution in [0.1, 0.15) is 5.56 Å². The topological polar surface area (TPSA) is 72.2 Å². The monoisotopic (exact) mass is 374 g/mol. The van der Waals surface area contributed by atoms with Crippen LogP contribution in [0.2, 0.25) is 5.02 Å². The molecule has 7 heteroatoms. The first-order chi connectivity index (χ1) is 9.29. The zero-order valence-corrected chi connectivity index (χ0v) is 13.7. The van der Waals surface area contributed by atoms with Crippen LogP contribution in [-0.4, -0.2) is 8.42 Å². The Kier molecular flexibility index (Phi) is 4.27. The summed E-state index contributed by atoms with van der Waals surface area (Å²) in [5.41, 5.74) is 7.14. The van der Waals surface area contributed by atoms with Gasteiger partial charge in [-0.15, -0.1) is 0 Å². The smallest absolute Gasteiger partial charge is 0.263 e. The average molecular weight is 376 g/mol. The first-order valence-corrected chi connectivity index (χ1v) is 8.29. The molecule has 106 valence electrons. The van der Waals surface area contributed by atoms with E-state index in [2.05, 4.69) is 20.7 Å². The molecule has 2 rings (SSSR count). The maximum atomic E-state index is 12.3. The van der Waals surface area contributed by atoms with Crippen LogP contribution in [0.4, 0.5) is 11.4 Å². The molecule has 0 heterocycles. The van der Waals surface area contributed by atoms with Crippen LogP contribution in [0.15, 0.2) is 45.8 Å². The van der Waals surface area contributed by atoms with E-state index in [9.17, 15) is 8.42 Å². The number of nitrogens with one attached hydrogen (secondary N) is 1. The third kappa shape index (κ3) is 3.26. The molecule has 0 saturated carbocycles. The lowest BCUT2D eigenvalue weighted by Crippen LogP contribution is -2.15. The Morgan fingerprint density at radius 1 is 1.20 bits per heavy atom. The van der Waals surface area contributed by atoms with Crippen LogP contribution in [0, 0.1) is 6.92 Å². The van der Waals surface area contributed by atoms with E-state index >= 15 is 0 Å². The summed E-state index contributed by atoms with van der Waals surface area (Å²) in [7, 11) is -3.78. The van der Waals surface area contributed by atoms with Gasteiger partial charge in [0.05, 0.1) is 16.4 Å². The third-order valence-electron chi connectivity index (χ3n) is 2.63. The number of aryl methyl sites for hydroxylation is 1. The van der Waals surface area contributed by atoms with Crippen molar-refractivity contribution < 1.29 is 8.42 Å². The van der Waals surface area contributed by atoms with Gasteiger partial charge < -0.3 is 5.73 Å². The first kappa shape index (κ1) is 15.2. The highest BCUT2D eigenvalue weighted by molar-refractivity contribution is 9.10. The summed E-state index contributed by atoms with van der Waals surface area (Å²) in [6.45, 7) is 1.85. The SMILES string of the molecule is Cc1ccc(Cl)c(NS(=O)(=O)c2ccc(Br)cc2N)c1. The second-order valence-electron chi connectivity index (χ2n) is 4.27. The normalized spacial score (nSPS) is 11.3. The van der Waals surface area contributed by atoms with Gasteiger partial charge in [-0.2, -0.15) is 0 Å². The molecular weight excluding hydrogens is 364 g/mol. The number of hydrogen-bond acceptors (Lipinski definition) is 3. The molecule has 0 unspecified atom stereocenters. The molecule has 4 nitrogen and oxygen atoms in total. The standard InChI is InChI=1S/C13H12BrClN2O2S/c1-8-2-4-10(15)12(6-8)17-20(18,19)13-5-3-9(14)7-11(13)16/h2-7,17H,16H2,1H3. The molecule has 0 aliphatic heterocycles. The molecule has 0 aliphatic carbocycles. The minimum Gasteiger partial charge on any atom is -0.398 e. The van der Waals surface area contributed by atoms with Crippen LogP contribution in [0.3, 0.4) is 0 Å². The summed E-state index contributed by atoms with van der Waals surface area (Å²) >= 11 is 9.22. The van der Waals surface area contributed by atoms with Crippen molar-refractivity contribution in [3.63, 3.8) is 0 Å². The van der Waals surface area contributed by atoms with Crippen molar-refractivity contribution in [2.75, 3.05) is 10.5 Å². The van der Waals surface area contributed by atoms with E-state index in [1.165, 1.54) is 12.1 Å². The summed E-state index contributed by atoms with van der Waals surface area (Å²) < 4.78 is 27.8.